The molecule has 3 aliphatic rings. The predicted octanol–water partition coefficient (Wildman–Crippen LogP) is 4.17. The molecular formula is C33H43N3O8S. The third-order valence-corrected chi connectivity index (χ3v) is 9.95. The molecule has 2 saturated heterocycles. The van der Waals surface area contributed by atoms with Crippen LogP contribution in [-0.2, 0) is 26.2 Å². The molecular weight excluding hydrogens is 598 g/mol. The number of ether oxygens (including phenoxy) is 2. The molecule has 11 nitrogen and oxygen atoms in total. The van der Waals surface area contributed by atoms with Gasteiger partial charge in [-0.1, -0.05) is 0 Å². The highest BCUT2D eigenvalue weighted by molar-refractivity contribution is 7.85. The molecule has 1 spiro atoms. The molecule has 0 atom stereocenters. The number of piperidine rings is 1. The minimum Gasteiger partial charge on any atom is -0.494 e. The summed E-state index contributed by atoms with van der Waals surface area (Å²) in [5.41, 5.74) is 3.85. The molecule has 12 heteroatoms. The summed E-state index contributed by atoms with van der Waals surface area (Å²) in [6.07, 6.45) is 5.13. The van der Waals surface area contributed by atoms with Crippen LogP contribution in [-0.4, -0.2) is 81.3 Å². The zero-order chi connectivity index (χ0) is 32.2. The molecule has 2 aliphatic heterocycles. The SMILES string of the molecule is CCOc1cc(C(=O)OC)c(C2CC2)cc1CN1CCC2(CC1)CC(=O)N(c1ccc(C(=O)NCCCCS(=O)(=O)O)cc1)C2. The molecule has 2 aromatic carbocycles. The highest BCUT2D eigenvalue weighted by Crippen LogP contribution is 2.45. The second kappa shape index (κ2) is 13.9. The van der Waals surface area contributed by atoms with Crippen molar-refractivity contribution in [1.29, 1.82) is 0 Å². The van der Waals surface area contributed by atoms with Crippen LogP contribution in [0.1, 0.15) is 89.6 Å². The van der Waals surface area contributed by atoms with E-state index in [-0.39, 0.29) is 35.4 Å². The lowest BCUT2D eigenvalue weighted by Crippen LogP contribution is -2.41. The number of esters is 1. The summed E-state index contributed by atoms with van der Waals surface area (Å²) in [7, 11) is -2.59. The molecule has 0 aromatic heterocycles. The second-order valence-corrected chi connectivity index (χ2v) is 14.0. The van der Waals surface area contributed by atoms with Gasteiger partial charge in [-0.05, 0) is 112 Å². The first-order chi connectivity index (χ1) is 21.5. The molecule has 0 bridgehead atoms. The minimum atomic E-state index is -4.00. The van der Waals surface area contributed by atoms with E-state index in [9.17, 15) is 22.8 Å². The van der Waals surface area contributed by atoms with E-state index >= 15 is 0 Å². The van der Waals surface area contributed by atoms with Gasteiger partial charge in [-0.3, -0.25) is 19.0 Å². The van der Waals surface area contributed by atoms with Crippen LogP contribution >= 0.6 is 0 Å². The van der Waals surface area contributed by atoms with Gasteiger partial charge >= 0.3 is 5.97 Å². The van der Waals surface area contributed by atoms with E-state index in [1.165, 1.54) is 7.11 Å². The largest absolute Gasteiger partial charge is 0.494 e. The Kier molecular flexibility index (Phi) is 10.1. The van der Waals surface area contributed by atoms with Crippen molar-refractivity contribution in [3.8, 4) is 5.75 Å². The molecule has 45 heavy (non-hydrogen) atoms. The van der Waals surface area contributed by atoms with Crippen molar-refractivity contribution in [3.63, 3.8) is 0 Å². The number of hydrogen-bond donors (Lipinski definition) is 2. The summed E-state index contributed by atoms with van der Waals surface area (Å²) in [6.45, 7) is 5.81. The Labute approximate surface area is 265 Å². The molecule has 1 aliphatic carbocycles. The Morgan fingerprint density at radius 2 is 1.80 bits per heavy atom. The highest BCUT2D eigenvalue weighted by atomic mass is 32.2. The van der Waals surface area contributed by atoms with Crippen molar-refractivity contribution in [3.05, 3.63) is 58.7 Å². The van der Waals surface area contributed by atoms with E-state index in [1.54, 1.807) is 24.3 Å². The van der Waals surface area contributed by atoms with Crippen LogP contribution in [0.25, 0.3) is 0 Å². The third kappa shape index (κ3) is 8.22. The Morgan fingerprint density at radius 1 is 1.09 bits per heavy atom. The first kappa shape index (κ1) is 32.9. The Hall–Kier alpha value is -3.48. The number of hydrogen-bond acceptors (Lipinski definition) is 8. The number of benzene rings is 2. The summed E-state index contributed by atoms with van der Waals surface area (Å²) >= 11 is 0. The fourth-order valence-corrected chi connectivity index (χ4v) is 7.04. The van der Waals surface area contributed by atoms with Gasteiger partial charge in [0, 0.05) is 42.9 Å². The van der Waals surface area contributed by atoms with Crippen molar-refractivity contribution in [2.45, 2.75) is 64.3 Å². The van der Waals surface area contributed by atoms with Crippen molar-refractivity contribution in [2.75, 3.05) is 50.5 Å². The number of amides is 2. The molecule has 5 rings (SSSR count). The number of likely N-dealkylation sites (tertiary alicyclic amines) is 1. The quantitative estimate of drug-likeness (QED) is 0.187. The van der Waals surface area contributed by atoms with Crippen molar-refractivity contribution >= 4 is 33.6 Å². The molecule has 2 amide bonds. The summed E-state index contributed by atoms with van der Waals surface area (Å²) in [5, 5.41) is 2.75. The van der Waals surface area contributed by atoms with Gasteiger partial charge in [0.05, 0.1) is 25.0 Å². The standard InChI is InChI=1S/C33H43N3O8S/c1-3-44-29-19-28(32(39)43-2)27(23-6-7-23)18-25(29)21-35-15-12-33(13-16-35)20-30(37)36(22-33)26-10-8-24(9-11-26)31(38)34-14-4-5-17-45(40,41)42/h8-11,18-19,23H,3-7,12-17,20-22H2,1-2H3,(H,34,38)(H,40,41,42). The summed E-state index contributed by atoms with van der Waals surface area (Å²) in [6, 6.07) is 11.0. The van der Waals surface area contributed by atoms with Crippen LogP contribution in [0.4, 0.5) is 5.69 Å². The van der Waals surface area contributed by atoms with Crippen LogP contribution in [0, 0.1) is 5.41 Å². The number of nitrogens with zero attached hydrogens (tertiary/aromatic N) is 2. The van der Waals surface area contributed by atoms with Gasteiger partial charge < -0.3 is 19.7 Å². The monoisotopic (exact) mass is 641 g/mol. The Bertz CT molecular complexity index is 1510. The fraction of sp³-hybridized carbons (Fsp3) is 0.545. The maximum absolute atomic E-state index is 13.2. The number of methoxy groups -OCH3 is 1. The first-order valence-electron chi connectivity index (χ1n) is 15.7. The first-order valence-corrected chi connectivity index (χ1v) is 17.4. The van der Waals surface area contributed by atoms with Crippen molar-refractivity contribution in [1.82, 2.24) is 10.2 Å². The predicted molar refractivity (Wildman–Crippen MR) is 169 cm³/mol. The lowest BCUT2D eigenvalue weighted by Gasteiger charge is -2.39. The average Bonchev–Trinajstić information content (AvgIpc) is 3.81. The number of nitrogens with one attached hydrogen (secondary N) is 1. The summed E-state index contributed by atoms with van der Waals surface area (Å²) in [4.78, 5) is 42.4. The van der Waals surface area contributed by atoms with Gasteiger partial charge in [-0.25, -0.2) is 4.79 Å². The number of carbonyl (C=O) groups is 3. The molecule has 3 fully saturated rings. The molecule has 244 valence electrons. The topological polar surface area (TPSA) is 143 Å². The van der Waals surface area contributed by atoms with E-state index in [1.807, 2.05) is 17.9 Å². The fourth-order valence-electron chi connectivity index (χ4n) is 6.47. The molecule has 0 radical (unpaired) electrons. The van der Waals surface area contributed by atoms with E-state index in [0.717, 1.165) is 61.3 Å². The third-order valence-electron chi connectivity index (χ3n) is 9.14. The van der Waals surface area contributed by atoms with Gasteiger partial charge in [0.1, 0.15) is 5.75 Å². The van der Waals surface area contributed by atoms with Gasteiger partial charge in [0.25, 0.3) is 16.0 Å². The van der Waals surface area contributed by atoms with E-state index in [2.05, 4.69) is 16.3 Å². The maximum atomic E-state index is 13.2. The number of anilines is 1. The zero-order valence-electron chi connectivity index (χ0n) is 26.0. The molecule has 0 unspecified atom stereocenters. The van der Waals surface area contributed by atoms with E-state index in [0.29, 0.717) is 56.1 Å². The summed E-state index contributed by atoms with van der Waals surface area (Å²) in [5.74, 6) is 0.265. The normalized spacial score (nSPS) is 18.3. The van der Waals surface area contributed by atoms with Crippen LogP contribution in [0.15, 0.2) is 36.4 Å². The van der Waals surface area contributed by atoms with Crippen LogP contribution in [0.5, 0.6) is 5.75 Å². The van der Waals surface area contributed by atoms with E-state index < -0.39 is 10.1 Å². The van der Waals surface area contributed by atoms with Crippen LogP contribution in [0.3, 0.4) is 0 Å². The maximum Gasteiger partial charge on any atom is 0.338 e. The minimum absolute atomic E-state index is 0.0885. The van der Waals surface area contributed by atoms with Crippen molar-refractivity contribution < 1.29 is 36.8 Å². The molecule has 2 N–H and O–H groups in total. The summed E-state index contributed by atoms with van der Waals surface area (Å²) < 4.78 is 41.4. The van der Waals surface area contributed by atoms with Gasteiger partial charge in [0.15, 0.2) is 0 Å². The van der Waals surface area contributed by atoms with Gasteiger partial charge in [0.2, 0.25) is 5.91 Å². The highest BCUT2D eigenvalue weighted by Gasteiger charge is 2.45. The Morgan fingerprint density at radius 3 is 2.42 bits per heavy atom. The van der Waals surface area contributed by atoms with Crippen LogP contribution in [0.2, 0.25) is 0 Å². The average molecular weight is 642 g/mol. The number of rotatable bonds is 13. The second-order valence-electron chi connectivity index (χ2n) is 12.5. The van der Waals surface area contributed by atoms with Gasteiger partial charge in [-0.2, -0.15) is 8.42 Å². The van der Waals surface area contributed by atoms with Crippen molar-refractivity contribution in [2.24, 2.45) is 5.41 Å². The smallest absolute Gasteiger partial charge is 0.338 e. The number of unbranched alkanes of at least 4 members (excludes halogenated alkanes) is 1. The number of carbonyl (C=O) groups excluding carboxylic acids is 3. The molecule has 2 aromatic rings. The Balaban J connectivity index is 1.16. The van der Waals surface area contributed by atoms with E-state index in [4.69, 9.17) is 14.0 Å². The van der Waals surface area contributed by atoms with Gasteiger partial charge in [-0.15, -0.1) is 0 Å². The zero-order valence-corrected chi connectivity index (χ0v) is 26.9. The lowest BCUT2D eigenvalue weighted by atomic mass is 9.77. The lowest BCUT2D eigenvalue weighted by molar-refractivity contribution is -0.118. The van der Waals surface area contributed by atoms with Crippen LogP contribution < -0.4 is 15.0 Å². The molecule has 1 saturated carbocycles. The molecule has 2 heterocycles.